The number of hydrogen-bond acceptors (Lipinski definition) is 6. The second-order valence-electron chi connectivity index (χ2n) is 10.5. The normalized spacial score (nSPS) is 31.1. The Bertz CT molecular complexity index is 1130. The number of aromatic nitrogens is 1. The number of nitrogens with one attached hydrogen (secondary N) is 1. The van der Waals surface area contributed by atoms with Crippen LogP contribution in [0.4, 0.5) is 5.13 Å². The molecule has 2 fully saturated rings. The fourth-order valence-corrected chi connectivity index (χ4v) is 8.18. The molecular weight excluding hydrogens is 470 g/mol. The van der Waals surface area contributed by atoms with E-state index in [-0.39, 0.29) is 17.1 Å². The number of amides is 1. The van der Waals surface area contributed by atoms with Crippen LogP contribution in [0.1, 0.15) is 73.8 Å². The summed E-state index contributed by atoms with van der Waals surface area (Å²) in [7, 11) is 0. The van der Waals surface area contributed by atoms with Crippen molar-refractivity contribution in [1.29, 1.82) is 0 Å². The molecule has 8 heteroatoms. The Morgan fingerprint density at radius 3 is 2.94 bits per heavy atom. The van der Waals surface area contributed by atoms with Crippen molar-refractivity contribution in [2.45, 2.75) is 71.1 Å². The first-order chi connectivity index (χ1) is 16.3. The topological polar surface area (TPSA) is 94.8 Å². The van der Waals surface area contributed by atoms with Crippen molar-refractivity contribution >= 4 is 39.7 Å². The van der Waals surface area contributed by atoms with Crippen molar-refractivity contribution in [3.63, 3.8) is 0 Å². The first-order valence-electron chi connectivity index (χ1n) is 12.3. The lowest BCUT2D eigenvalue weighted by Gasteiger charge is -2.50. The third-order valence-corrected chi connectivity index (χ3v) is 9.91. The first-order valence-corrected chi connectivity index (χ1v) is 13.4. The molecule has 34 heavy (non-hydrogen) atoms. The second-order valence-corrected chi connectivity index (χ2v) is 12.1. The number of carbonyl (C=O) groups excluding carboxylic acids is 1. The van der Waals surface area contributed by atoms with Gasteiger partial charge in [-0.2, -0.15) is 0 Å². The average Bonchev–Trinajstić information content (AvgIpc) is 3.35. The van der Waals surface area contributed by atoms with Crippen LogP contribution in [0.2, 0.25) is 5.02 Å². The van der Waals surface area contributed by atoms with Crippen molar-refractivity contribution in [2.24, 2.45) is 28.3 Å². The van der Waals surface area contributed by atoms with Crippen LogP contribution >= 0.6 is 22.9 Å². The van der Waals surface area contributed by atoms with E-state index in [9.17, 15) is 15.1 Å². The molecule has 0 saturated heterocycles. The first kappa shape index (κ1) is 23.6. The molecule has 1 aromatic heterocycles. The number of carbonyl (C=O) groups is 1. The molecule has 1 heterocycles. The number of nitrogens with zero attached hydrogens (tertiary/aromatic N) is 2. The molecule has 3 aliphatic carbocycles. The molecule has 5 atom stereocenters. The van der Waals surface area contributed by atoms with E-state index in [1.165, 1.54) is 16.9 Å². The van der Waals surface area contributed by atoms with Crippen LogP contribution in [-0.2, 0) is 11.2 Å². The van der Waals surface area contributed by atoms with Gasteiger partial charge >= 0.3 is 0 Å². The van der Waals surface area contributed by atoms with Gasteiger partial charge in [-0.25, -0.2) is 4.98 Å². The highest BCUT2D eigenvalue weighted by atomic mass is 35.5. The number of aryl methyl sites for hydroxylation is 1. The lowest BCUT2D eigenvalue weighted by atomic mass is 9.54. The van der Waals surface area contributed by atoms with Crippen LogP contribution < -0.4 is 5.32 Å². The van der Waals surface area contributed by atoms with Gasteiger partial charge in [-0.15, -0.1) is 11.3 Å². The maximum Gasteiger partial charge on any atom is 0.226 e. The van der Waals surface area contributed by atoms with E-state index in [1.807, 2.05) is 6.92 Å². The minimum Gasteiger partial charge on any atom is -0.506 e. The number of halogens is 1. The third kappa shape index (κ3) is 4.01. The highest BCUT2D eigenvalue weighted by Crippen LogP contribution is 2.63. The van der Waals surface area contributed by atoms with Gasteiger partial charge in [0.25, 0.3) is 0 Å². The van der Waals surface area contributed by atoms with Gasteiger partial charge < -0.3 is 15.6 Å². The summed E-state index contributed by atoms with van der Waals surface area (Å²) in [5.41, 5.74) is 3.22. The van der Waals surface area contributed by atoms with Gasteiger partial charge in [0.2, 0.25) is 5.91 Å². The molecule has 1 aromatic carbocycles. The van der Waals surface area contributed by atoms with Crippen molar-refractivity contribution < 1.29 is 15.1 Å². The molecule has 182 valence electrons. The van der Waals surface area contributed by atoms with E-state index in [1.54, 1.807) is 12.3 Å². The Kier molecular flexibility index (Phi) is 6.36. The number of benzene rings is 1. The Labute approximate surface area is 209 Å². The van der Waals surface area contributed by atoms with E-state index in [2.05, 4.69) is 28.4 Å². The Morgan fingerprint density at radius 2 is 2.21 bits per heavy atom. The van der Waals surface area contributed by atoms with E-state index in [0.29, 0.717) is 40.2 Å². The summed E-state index contributed by atoms with van der Waals surface area (Å²) in [5, 5.41) is 27.8. The fourth-order valence-electron chi connectivity index (χ4n) is 7.23. The number of fused-ring (bicyclic) bond motifs is 5. The predicted molar refractivity (Wildman–Crippen MR) is 135 cm³/mol. The molecule has 1 amide bonds. The van der Waals surface area contributed by atoms with Crippen LogP contribution in [0.15, 0.2) is 23.5 Å². The molecule has 3 unspecified atom stereocenters. The minimum absolute atomic E-state index is 0.00808. The van der Waals surface area contributed by atoms with Crippen molar-refractivity contribution in [3.8, 4) is 5.75 Å². The largest absolute Gasteiger partial charge is 0.506 e. The number of rotatable bonds is 5. The molecular formula is C26H32ClN3O3S. The molecule has 3 N–H and O–H groups in total. The minimum atomic E-state index is -0.0977. The second kappa shape index (κ2) is 9.15. The Morgan fingerprint density at radius 1 is 1.38 bits per heavy atom. The molecule has 2 saturated carbocycles. The summed E-state index contributed by atoms with van der Waals surface area (Å²) in [6.07, 6.45) is 8.70. The van der Waals surface area contributed by atoms with E-state index >= 15 is 0 Å². The predicted octanol–water partition coefficient (Wildman–Crippen LogP) is 6.53. The maximum absolute atomic E-state index is 12.4. The maximum atomic E-state index is 12.4. The summed E-state index contributed by atoms with van der Waals surface area (Å²) in [5.74, 6) is 1.89. The monoisotopic (exact) mass is 501 g/mol. The van der Waals surface area contributed by atoms with Gasteiger partial charge in [0.1, 0.15) is 5.75 Å². The lowest BCUT2D eigenvalue weighted by Crippen LogP contribution is -2.44. The zero-order chi connectivity index (χ0) is 24.0. The Balaban J connectivity index is 1.32. The number of anilines is 1. The summed E-state index contributed by atoms with van der Waals surface area (Å²) in [6.45, 7) is 4.25. The smallest absolute Gasteiger partial charge is 0.226 e. The SMILES string of the molecule is Cc1cnc(NC(=O)CCC[C@@H]2C/C(=N\O)[C@@]3(C)CCC4c5ccc(O)c(Cl)c5CCC4C23)s1. The summed E-state index contributed by atoms with van der Waals surface area (Å²) >= 11 is 7.96. The zero-order valence-corrected chi connectivity index (χ0v) is 21.3. The van der Waals surface area contributed by atoms with Crippen LogP contribution in [0.5, 0.6) is 5.75 Å². The number of hydrogen-bond donors (Lipinski definition) is 3. The van der Waals surface area contributed by atoms with Crippen LogP contribution in [0, 0.1) is 30.1 Å². The van der Waals surface area contributed by atoms with Gasteiger partial charge in [-0.1, -0.05) is 29.7 Å². The molecule has 0 radical (unpaired) electrons. The van der Waals surface area contributed by atoms with Gasteiger partial charge in [-0.3, -0.25) is 4.79 Å². The van der Waals surface area contributed by atoms with Gasteiger partial charge in [-0.05, 0) is 92.7 Å². The highest BCUT2D eigenvalue weighted by molar-refractivity contribution is 7.15. The van der Waals surface area contributed by atoms with Crippen molar-refractivity contribution in [2.75, 3.05) is 5.32 Å². The fraction of sp³-hybridized carbons (Fsp3) is 0.577. The van der Waals surface area contributed by atoms with Gasteiger partial charge in [0, 0.05) is 22.9 Å². The standard InChI is InChI=1S/C26H32ClN3O3S/c1-14-13-28-25(34-14)29-22(32)5-3-4-15-12-21(30-33)26(2)11-10-17-16-8-9-20(31)24(27)19(16)7-6-18(17)23(15)26/h8-9,13,15,17-18,23,31,33H,3-7,10-12H2,1-2H3,(H,28,29,32)/b30-21+/t15-,17?,18?,23?,26-/m1/s1. The molecule has 2 aromatic rings. The van der Waals surface area contributed by atoms with Crippen LogP contribution in [0.3, 0.4) is 0 Å². The van der Waals surface area contributed by atoms with Gasteiger partial charge in [0.15, 0.2) is 5.13 Å². The number of phenols is 1. The van der Waals surface area contributed by atoms with E-state index in [0.717, 1.165) is 61.1 Å². The Hall–Kier alpha value is -2.12. The van der Waals surface area contributed by atoms with E-state index in [4.69, 9.17) is 11.6 Å². The molecule has 0 spiro atoms. The number of oxime groups is 1. The quantitative estimate of drug-likeness (QED) is 0.320. The summed E-state index contributed by atoms with van der Waals surface area (Å²) in [6, 6.07) is 3.79. The third-order valence-electron chi connectivity index (χ3n) is 8.66. The van der Waals surface area contributed by atoms with Crippen molar-refractivity contribution in [3.05, 3.63) is 39.4 Å². The zero-order valence-electron chi connectivity index (χ0n) is 19.7. The van der Waals surface area contributed by atoms with Crippen molar-refractivity contribution in [1.82, 2.24) is 4.98 Å². The molecule has 0 aliphatic heterocycles. The molecule has 5 rings (SSSR count). The van der Waals surface area contributed by atoms with Gasteiger partial charge in [0.05, 0.1) is 10.7 Å². The molecule has 6 nitrogen and oxygen atoms in total. The summed E-state index contributed by atoms with van der Waals surface area (Å²) in [4.78, 5) is 17.7. The number of aromatic hydroxyl groups is 1. The van der Waals surface area contributed by atoms with E-state index < -0.39 is 0 Å². The number of phenolic OH excluding ortho intramolecular Hbond substituents is 1. The summed E-state index contributed by atoms with van der Waals surface area (Å²) < 4.78 is 0. The average molecular weight is 502 g/mol. The lowest BCUT2D eigenvalue weighted by molar-refractivity contribution is -0.116. The van der Waals surface area contributed by atoms with Crippen LogP contribution in [-0.4, -0.2) is 26.9 Å². The molecule has 0 bridgehead atoms. The highest BCUT2D eigenvalue weighted by Gasteiger charge is 2.57. The molecule has 3 aliphatic rings. The number of thiazole rings is 1. The van der Waals surface area contributed by atoms with Crippen LogP contribution in [0.25, 0.3) is 0 Å².